The summed E-state index contributed by atoms with van der Waals surface area (Å²) in [5, 5.41) is 10.8. The maximum Gasteiger partial charge on any atom is 0.336 e. The van der Waals surface area contributed by atoms with Gasteiger partial charge in [0.25, 0.3) is 0 Å². The predicted octanol–water partition coefficient (Wildman–Crippen LogP) is 5.73. The quantitative estimate of drug-likeness (QED) is 0.397. The highest BCUT2D eigenvalue weighted by molar-refractivity contribution is 6.07. The molecule has 0 fully saturated rings. The minimum Gasteiger partial charge on any atom is -0.478 e. The van der Waals surface area contributed by atoms with Gasteiger partial charge in [0.2, 0.25) is 0 Å². The van der Waals surface area contributed by atoms with Crippen LogP contribution in [0.3, 0.4) is 0 Å². The van der Waals surface area contributed by atoms with Crippen LogP contribution in [-0.4, -0.2) is 16.9 Å². The van der Waals surface area contributed by atoms with Crippen LogP contribution < -0.4 is 5.43 Å². The van der Waals surface area contributed by atoms with Gasteiger partial charge in [0.15, 0.2) is 5.43 Å². The number of carboxylic acids is 1. The van der Waals surface area contributed by atoms with E-state index in [1.54, 1.807) is 24.3 Å². The second kappa shape index (κ2) is 8.42. The maximum absolute atomic E-state index is 12.3. The van der Waals surface area contributed by atoms with Gasteiger partial charge in [0.1, 0.15) is 17.1 Å². The molecule has 4 rings (SSSR count). The van der Waals surface area contributed by atoms with Crippen molar-refractivity contribution in [2.24, 2.45) is 5.92 Å². The lowest BCUT2D eigenvalue weighted by Crippen LogP contribution is -2.08. The topological polar surface area (TPSA) is 84.6 Å². The number of Topliss-reactive ketones (excluding diaryl/α,β-unsaturated/α-hetero) is 1. The molecule has 162 valence electrons. The summed E-state index contributed by atoms with van der Waals surface area (Å²) < 4.78 is 5.99. The lowest BCUT2D eigenvalue weighted by atomic mass is 9.89. The Labute approximate surface area is 185 Å². The van der Waals surface area contributed by atoms with Crippen molar-refractivity contribution in [3.05, 3.63) is 81.5 Å². The van der Waals surface area contributed by atoms with E-state index in [-0.39, 0.29) is 29.1 Å². The molecule has 2 aromatic rings. The Balaban J connectivity index is 1.96. The third-order valence-corrected chi connectivity index (χ3v) is 5.47. The van der Waals surface area contributed by atoms with Gasteiger partial charge in [-0.1, -0.05) is 38.1 Å². The molecule has 0 atom stereocenters. The lowest BCUT2D eigenvalue weighted by Gasteiger charge is -2.17. The standard InChI is InChI=1S/C27H24O5/c1-15(2)10-19(29)12-17-5-8-20(23(13-17)27(30)31)26-21-7-4-16(3)11-24(21)32-25-14-18(28)6-9-22(25)26/h4-9,11,13-15H,10,12H2,1-3H3,(H,30,31). The summed E-state index contributed by atoms with van der Waals surface area (Å²) in [4.78, 5) is 36.5. The Bertz CT molecular complexity index is 1380. The van der Waals surface area contributed by atoms with Crippen LogP contribution in [0.1, 0.15) is 41.8 Å². The fourth-order valence-electron chi connectivity index (χ4n) is 4.12. The molecule has 2 aliphatic rings. The second-order valence-corrected chi connectivity index (χ2v) is 8.63. The van der Waals surface area contributed by atoms with Crippen LogP contribution in [0.2, 0.25) is 0 Å². The van der Waals surface area contributed by atoms with Crippen molar-refractivity contribution in [1.29, 1.82) is 0 Å². The number of hydrogen-bond donors (Lipinski definition) is 1. The van der Waals surface area contributed by atoms with Crippen LogP contribution in [0.25, 0.3) is 33.4 Å². The summed E-state index contributed by atoms with van der Waals surface area (Å²) in [6.07, 6.45) is 0.652. The lowest BCUT2D eigenvalue weighted by molar-refractivity contribution is -0.119. The van der Waals surface area contributed by atoms with Gasteiger partial charge in [-0.2, -0.15) is 0 Å². The Kier molecular flexibility index (Phi) is 5.66. The number of ketones is 1. The molecular formula is C27H24O5. The van der Waals surface area contributed by atoms with Crippen molar-refractivity contribution in [3.63, 3.8) is 0 Å². The number of carbonyl (C=O) groups is 2. The van der Waals surface area contributed by atoms with Crippen LogP contribution in [0.5, 0.6) is 0 Å². The van der Waals surface area contributed by atoms with Crippen LogP contribution >= 0.6 is 0 Å². The Morgan fingerprint density at radius 3 is 2.44 bits per heavy atom. The van der Waals surface area contributed by atoms with E-state index in [2.05, 4.69) is 0 Å². The molecule has 0 aromatic heterocycles. The number of fused-ring (bicyclic) bond motifs is 2. The zero-order valence-corrected chi connectivity index (χ0v) is 18.3. The monoisotopic (exact) mass is 428 g/mol. The van der Waals surface area contributed by atoms with Crippen LogP contribution in [-0.2, 0) is 11.2 Å². The average molecular weight is 428 g/mol. The van der Waals surface area contributed by atoms with Crippen LogP contribution in [0.15, 0.2) is 63.8 Å². The van der Waals surface area contributed by atoms with Crippen molar-refractivity contribution in [3.8, 4) is 22.5 Å². The zero-order chi connectivity index (χ0) is 23.0. The summed E-state index contributed by atoms with van der Waals surface area (Å²) in [7, 11) is 0. The van der Waals surface area contributed by atoms with E-state index in [1.807, 2.05) is 39.0 Å². The molecule has 0 bridgehead atoms. The largest absolute Gasteiger partial charge is 0.478 e. The normalized spacial score (nSPS) is 11.4. The molecule has 0 amide bonds. The number of aryl methyl sites for hydroxylation is 1. The molecule has 5 heteroatoms. The van der Waals surface area contributed by atoms with Crippen LogP contribution in [0.4, 0.5) is 0 Å². The fourth-order valence-corrected chi connectivity index (χ4v) is 4.12. The van der Waals surface area contributed by atoms with E-state index >= 15 is 0 Å². The Morgan fingerprint density at radius 1 is 0.969 bits per heavy atom. The first kappa shape index (κ1) is 21.5. The van der Waals surface area contributed by atoms with Crippen molar-refractivity contribution in [2.75, 3.05) is 0 Å². The van der Waals surface area contributed by atoms with Gasteiger partial charge in [-0.3, -0.25) is 9.59 Å². The van der Waals surface area contributed by atoms with Gasteiger partial charge < -0.3 is 9.52 Å². The van der Waals surface area contributed by atoms with E-state index in [1.165, 1.54) is 12.1 Å². The van der Waals surface area contributed by atoms with E-state index in [9.17, 15) is 19.5 Å². The van der Waals surface area contributed by atoms with E-state index in [0.29, 0.717) is 40.0 Å². The smallest absolute Gasteiger partial charge is 0.336 e. The summed E-state index contributed by atoms with van der Waals surface area (Å²) in [6, 6.07) is 15.4. The van der Waals surface area contributed by atoms with Gasteiger partial charge in [-0.25, -0.2) is 4.79 Å². The van der Waals surface area contributed by atoms with E-state index in [4.69, 9.17) is 4.42 Å². The van der Waals surface area contributed by atoms with E-state index in [0.717, 1.165) is 10.9 Å². The molecule has 1 N–H and O–H groups in total. The molecule has 1 heterocycles. The van der Waals surface area contributed by atoms with E-state index < -0.39 is 5.97 Å². The van der Waals surface area contributed by atoms with Crippen molar-refractivity contribution < 1.29 is 19.1 Å². The minimum absolute atomic E-state index is 0.0805. The van der Waals surface area contributed by atoms with Gasteiger partial charge in [0, 0.05) is 35.4 Å². The summed E-state index contributed by atoms with van der Waals surface area (Å²) >= 11 is 0. The highest BCUT2D eigenvalue weighted by Crippen LogP contribution is 2.41. The Morgan fingerprint density at radius 2 is 1.72 bits per heavy atom. The summed E-state index contributed by atoms with van der Waals surface area (Å²) in [6.45, 7) is 5.90. The maximum atomic E-state index is 12.3. The molecule has 1 aliphatic heterocycles. The van der Waals surface area contributed by atoms with Gasteiger partial charge in [-0.05, 0) is 53.8 Å². The van der Waals surface area contributed by atoms with Gasteiger partial charge in [-0.15, -0.1) is 0 Å². The molecular weight excluding hydrogens is 404 g/mol. The molecule has 0 saturated heterocycles. The molecule has 0 spiro atoms. The van der Waals surface area contributed by atoms with Gasteiger partial charge >= 0.3 is 5.97 Å². The first-order chi connectivity index (χ1) is 15.2. The molecule has 1 aliphatic carbocycles. The van der Waals surface area contributed by atoms with Crippen molar-refractivity contribution >= 4 is 22.7 Å². The molecule has 0 saturated carbocycles. The molecule has 32 heavy (non-hydrogen) atoms. The van der Waals surface area contributed by atoms with Gasteiger partial charge in [0.05, 0.1) is 5.56 Å². The Hall–Kier alpha value is -3.73. The molecule has 0 unspecified atom stereocenters. The number of aromatic carboxylic acids is 1. The third kappa shape index (κ3) is 4.19. The number of rotatable bonds is 6. The number of carbonyl (C=O) groups excluding carboxylic acids is 1. The minimum atomic E-state index is -1.08. The predicted molar refractivity (Wildman–Crippen MR) is 124 cm³/mol. The fraction of sp³-hybridized carbons (Fsp3) is 0.222. The number of hydrogen-bond acceptors (Lipinski definition) is 4. The second-order valence-electron chi connectivity index (χ2n) is 8.63. The highest BCUT2D eigenvalue weighted by atomic mass is 16.4. The third-order valence-electron chi connectivity index (χ3n) is 5.47. The SMILES string of the molecule is Cc1ccc2c(-c3ccc(CC(=O)CC(C)C)cc3C(=O)O)c3ccc(=O)cc-3oc2c1. The summed E-state index contributed by atoms with van der Waals surface area (Å²) in [5.41, 5.74) is 4.03. The van der Waals surface area contributed by atoms with Crippen molar-refractivity contribution in [1.82, 2.24) is 0 Å². The first-order valence-corrected chi connectivity index (χ1v) is 10.6. The molecule has 5 nitrogen and oxygen atoms in total. The number of carboxylic acid groups (broad SMARTS) is 1. The van der Waals surface area contributed by atoms with Crippen LogP contribution in [0, 0.1) is 12.8 Å². The highest BCUT2D eigenvalue weighted by Gasteiger charge is 2.22. The number of benzene rings is 3. The zero-order valence-electron chi connectivity index (χ0n) is 18.3. The average Bonchev–Trinajstić information content (AvgIpc) is 2.71. The molecule has 2 aromatic carbocycles. The molecule has 0 radical (unpaired) electrons. The summed E-state index contributed by atoms with van der Waals surface area (Å²) in [5.74, 6) is -0.344. The first-order valence-electron chi connectivity index (χ1n) is 10.6. The van der Waals surface area contributed by atoms with Crippen molar-refractivity contribution in [2.45, 2.75) is 33.6 Å².